The smallest absolute Gasteiger partial charge is 0.0490 e. The van der Waals surface area contributed by atoms with Crippen LogP contribution in [0, 0.1) is 13.8 Å². The fourth-order valence-corrected chi connectivity index (χ4v) is 22.1. The van der Waals surface area contributed by atoms with Gasteiger partial charge >= 0.3 is 0 Å². The van der Waals surface area contributed by atoms with Crippen LogP contribution in [0.2, 0.25) is 0 Å². The summed E-state index contributed by atoms with van der Waals surface area (Å²) < 4.78 is 0. The molecule has 0 amide bonds. The number of nitrogens with zero attached hydrogens (tertiary/aromatic N) is 1. The highest BCUT2D eigenvalue weighted by Crippen LogP contribution is 2.76. The molecule has 0 N–H and O–H groups in total. The van der Waals surface area contributed by atoms with Gasteiger partial charge in [0.15, 0.2) is 0 Å². The van der Waals surface area contributed by atoms with Gasteiger partial charge in [-0.1, -0.05) is 90.5 Å². The number of hydrogen-bond acceptors (Lipinski definition) is 1. The third-order valence-electron chi connectivity index (χ3n) is 15.5. The normalized spacial score (nSPS) is 18.6. The Morgan fingerprint density at radius 1 is 0.323 bits per heavy atom. The molecular weight excluding hydrogens is 863 g/mol. The first kappa shape index (κ1) is 40.0. The van der Waals surface area contributed by atoms with Crippen molar-refractivity contribution in [3.05, 3.63) is 163 Å². The van der Waals surface area contributed by atoms with Crippen molar-refractivity contribution in [1.82, 2.24) is 0 Å². The SMILES string of the molecule is Cc1ccc(N(c2ccc3c(c2)S(C)(C)c2cc4c(cc2-3)S(C)(C)c2ccc3ccccc3c2-4)c2ccc3c(c2)S(C)(C)c2cc4c(cc2-3)S(C)(C)c2ccc3ccccc3c2-4)c(C)c1. The zero-order valence-electron chi connectivity index (χ0n) is 39.0. The van der Waals surface area contributed by atoms with Crippen LogP contribution in [0.3, 0.4) is 0 Å². The van der Waals surface area contributed by atoms with Crippen molar-refractivity contribution in [3.8, 4) is 44.5 Å². The number of rotatable bonds is 3. The van der Waals surface area contributed by atoms with E-state index in [1.807, 2.05) is 0 Å². The highest BCUT2D eigenvalue weighted by Gasteiger charge is 2.41. The van der Waals surface area contributed by atoms with E-state index in [9.17, 15) is 0 Å². The Hall–Kier alpha value is -5.30. The molecule has 324 valence electrons. The lowest BCUT2D eigenvalue weighted by Gasteiger charge is -2.33. The predicted molar refractivity (Wildman–Crippen MR) is 291 cm³/mol. The zero-order chi connectivity index (χ0) is 44.7. The van der Waals surface area contributed by atoms with E-state index in [4.69, 9.17) is 0 Å². The molecule has 0 aliphatic carbocycles. The average molecular weight is 918 g/mol. The van der Waals surface area contributed by atoms with Crippen molar-refractivity contribution in [1.29, 1.82) is 0 Å². The molecule has 0 fully saturated rings. The molecule has 65 heavy (non-hydrogen) atoms. The molecule has 0 saturated heterocycles. The summed E-state index contributed by atoms with van der Waals surface area (Å²) in [6.07, 6.45) is 20.2. The van der Waals surface area contributed by atoms with Crippen molar-refractivity contribution < 1.29 is 0 Å². The van der Waals surface area contributed by atoms with Crippen LogP contribution in [-0.4, -0.2) is 50.0 Å². The third kappa shape index (κ3) is 5.24. The number of anilines is 3. The molecule has 9 aromatic rings. The molecule has 0 spiro atoms. The van der Waals surface area contributed by atoms with Gasteiger partial charge in [-0.25, -0.2) is 0 Å². The Bertz CT molecular complexity index is 3430. The van der Waals surface area contributed by atoms with Gasteiger partial charge in [0.2, 0.25) is 0 Å². The van der Waals surface area contributed by atoms with Crippen molar-refractivity contribution in [2.45, 2.75) is 53.0 Å². The van der Waals surface area contributed by atoms with Gasteiger partial charge in [0, 0.05) is 67.4 Å². The Kier molecular flexibility index (Phi) is 8.12. The molecule has 13 rings (SSSR count). The number of fused-ring (bicyclic) bond motifs is 16. The summed E-state index contributed by atoms with van der Waals surface area (Å²) in [5, 5.41) is 5.42. The number of aryl methyl sites for hydroxylation is 2. The topological polar surface area (TPSA) is 3.24 Å². The van der Waals surface area contributed by atoms with E-state index in [-0.39, 0.29) is 0 Å². The van der Waals surface area contributed by atoms with E-state index in [0.717, 1.165) is 0 Å². The first-order chi connectivity index (χ1) is 31.1. The first-order valence-corrected chi connectivity index (χ1v) is 32.4. The summed E-state index contributed by atoms with van der Waals surface area (Å²) in [7, 11) is -5.05. The van der Waals surface area contributed by atoms with Crippen molar-refractivity contribution in [2.24, 2.45) is 0 Å². The van der Waals surface area contributed by atoms with E-state index in [0.29, 0.717) is 0 Å². The summed E-state index contributed by atoms with van der Waals surface area (Å²) in [4.78, 5) is 14.7. The van der Waals surface area contributed by atoms with Crippen molar-refractivity contribution in [3.63, 3.8) is 0 Å². The number of benzene rings is 9. The molecule has 0 saturated carbocycles. The quantitative estimate of drug-likeness (QED) is 0.171. The van der Waals surface area contributed by atoms with E-state index >= 15 is 0 Å². The minimum Gasteiger partial charge on any atom is -0.310 e. The Balaban J connectivity index is 0.954. The number of hydrogen-bond donors (Lipinski definition) is 0. The fourth-order valence-electron chi connectivity index (χ4n) is 12.1. The van der Waals surface area contributed by atoms with Gasteiger partial charge in [-0.3, -0.25) is 0 Å². The summed E-state index contributed by atoms with van der Waals surface area (Å²) in [5.74, 6) is 0. The van der Waals surface area contributed by atoms with Crippen molar-refractivity contribution in [2.75, 3.05) is 54.9 Å². The molecule has 0 atom stereocenters. The zero-order valence-corrected chi connectivity index (χ0v) is 42.3. The summed E-state index contributed by atoms with van der Waals surface area (Å²) >= 11 is 0. The van der Waals surface area contributed by atoms with Crippen LogP contribution in [0.1, 0.15) is 11.1 Å². The average Bonchev–Trinajstić information content (AvgIpc) is 3.85. The summed E-state index contributed by atoms with van der Waals surface area (Å²) in [5.41, 5.74) is 17.8. The second kappa shape index (κ2) is 13.2. The lowest BCUT2D eigenvalue weighted by molar-refractivity contribution is 1.21. The van der Waals surface area contributed by atoms with Gasteiger partial charge in [-0.2, -0.15) is 40.1 Å². The second-order valence-corrected chi connectivity index (χ2v) is 34.4. The summed E-state index contributed by atoms with van der Waals surface area (Å²) in [6.45, 7) is 4.49. The van der Waals surface area contributed by atoms with Gasteiger partial charge in [0.1, 0.15) is 0 Å². The molecule has 0 aromatic heterocycles. The molecule has 0 radical (unpaired) electrons. The van der Waals surface area contributed by atoms with Gasteiger partial charge in [-0.05, 0) is 191 Å². The van der Waals surface area contributed by atoms with Crippen molar-refractivity contribution >= 4 is 78.7 Å². The monoisotopic (exact) mass is 917 g/mol. The Morgan fingerprint density at radius 2 is 0.723 bits per heavy atom. The van der Waals surface area contributed by atoms with Crippen LogP contribution in [0.25, 0.3) is 66.1 Å². The van der Waals surface area contributed by atoms with E-state index < -0.39 is 40.1 Å². The highest BCUT2D eigenvalue weighted by atomic mass is 32.3. The predicted octanol–water partition coefficient (Wildman–Crippen LogP) is 17.9. The van der Waals surface area contributed by atoms with E-state index in [1.54, 1.807) is 0 Å². The minimum absolute atomic E-state index is 1.18. The molecule has 5 heteroatoms. The summed E-state index contributed by atoms with van der Waals surface area (Å²) in [6, 6.07) is 59.8. The maximum atomic E-state index is 2.62. The molecule has 0 unspecified atom stereocenters. The Morgan fingerprint density at radius 3 is 1.18 bits per heavy atom. The fraction of sp³-hybridized carbons (Fsp3) is 0.167. The standard InChI is InChI=1S/C60H55NS4/c1-36-19-26-50(37(2)29-36)61(40-22-24-44-46-32-57-48(34-55(46)64(7,8)53(44)30-40)59-42-17-13-11-15-38(42)20-27-51(59)62(57,3)4)41-23-25-45-47-33-58-49(35-56(47)65(9,10)54(45)31-41)60-43-18-14-12-16-39(43)21-28-52(60)63(58,5)6/h11-35H,1-10H3. The van der Waals surface area contributed by atoms with Crippen LogP contribution in [0.5, 0.6) is 0 Å². The van der Waals surface area contributed by atoms with Crippen LogP contribution in [0.15, 0.2) is 191 Å². The largest absolute Gasteiger partial charge is 0.310 e. The first-order valence-electron chi connectivity index (χ1n) is 22.6. The molecule has 1 nitrogen and oxygen atoms in total. The van der Waals surface area contributed by atoms with Crippen LogP contribution in [-0.2, 0) is 0 Å². The highest BCUT2D eigenvalue weighted by molar-refractivity contribution is 8.34. The minimum atomic E-state index is -1.34. The maximum absolute atomic E-state index is 2.62. The lowest BCUT2D eigenvalue weighted by atomic mass is 9.96. The molecular formula is C60H55NS4. The molecule has 4 aliphatic rings. The molecule has 0 bridgehead atoms. The van der Waals surface area contributed by atoms with Gasteiger partial charge < -0.3 is 4.90 Å². The third-order valence-corrected chi connectivity index (χ3v) is 27.0. The van der Waals surface area contributed by atoms with Crippen LogP contribution < -0.4 is 4.90 Å². The van der Waals surface area contributed by atoms with Crippen LogP contribution in [0.4, 0.5) is 17.1 Å². The van der Waals surface area contributed by atoms with Crippen LogP contribution >= 0.6 is 40.1 Å². The van der Waals surface area contributed by atoms with E-state index in [2.05, 4.69) is 220 Å². The molecule has 4 aliphatic heterocycles. The van der Waals surface area contributed by atoms with E-state index in [1.165, 1.54) is 133 Å². The molecule has 4 heterocycles. The maximum Gasteiger partial charge on any atom is 0.0490 e. The lowest BCUT2D eigenvalue weighted by Crippen LogP contribution is -2.12. The van der Waals surface area contributed by atoms with Gasteiger partial charge in [0.05, 0.1) is 0 Å². The Labute approximate surface area is 391 Å². The molecule has 9 aromatic carbocycles. The van der Waals surface area contributed by atoms with Gasteiger partial charge in [-0.15, -0.1) is 0 Å². The van der Waals surface area contributed by atoms with Gasteiger partial charge in [0.25, 0.3) is 0 Å². The second-order valence-electron chi connectivity index (χ2n) is 20.3.